The van der Waals surface area contributed by atoms with Crippen LogP contribution in [0.4, 0.5) is 0 Å². The van der Waals surface area contributed by atoms with Gasteiger partial charge in [0.05, 0.1) is 5.56 Å². The van der Waals surface area contributed by atoms with Crippen LogP contribution in [0.2, 0.25) is 0 Å². The summed E-state index contributed by atoms with van der Waals surface area (Å²) in [5.41, 5.74) is 1.54. The first-order valence-corrected chi connectivity index (χ1v) is 8.04. The number of hydrogen-bond acceptors (Lipinski definition) is 3. The molecular weight excluding hydrogens is 358 g/mol. The maximum absolute atomic E-state index is 12.1. The van der Waals surface area contributed by atoms with Crippen molar-refractivity contribution in [3.8, 4) is 0 Å². The van der Waals surface area contributed by atoms with E-state index in [1.807, 2.05) is 30.3 Å². The maximum Gasteiger partial charge on any atom is 0.252 e. The SMILES string of the molecule is CC(=O)N(CCNC(=O)c1ccccc1Br)Cc1cccnc1. The molecule has 0 atom stereocenters. The number of hydrogen-bond donors (Lipinski definition) is 1. The number of carbonyl (C=O) groups excluding carboxylic acids is 2. The molecule has 6 heteroatoms. The van der Waals surface area contributed by atoms with Crippen LogP contribution in [0.15, 0.2) is 53.3 Å². The smallest absolute Gasteiger partial charge is 0.252 e. The van der Waals surface area contributed by atoms with Gasteiger partial charge in [-0.1, -0.05) is 18.2 Å². The Hall–Kier alpha value is -2.21. The van der Waals surface area contributed by atoms with Gasteiger partial charge in [0.2, 0.25) is 5.91 Å². The van der Waals surface area contributed by atoms with Gasteiger partial charge in [0.15, 0.2) is 0 Å². The van der Waals surface area contributed by atoms with Gasteiger partial charge in [-0.3, -0.25) is 14.6 Å². The zero-order valence-corrected chi connectivity index (χ0v) is 14.4. The lowest BCUT2D eigenvalue weighted by molar-refractivity contribution is -0.129. The molecule has 1 aromatic carbocycles. The van der Waals surface area contributed by atoms with Crippen molar-refractivity contribution in [3.63, 3.8) is 0 Å². The van der Waals surface area contributed by atoms with Crippen LogP contribution in [0.1, 0.15) is 22.8 Å². The van der Waals surface area contributed by atoms with Gasteiger partial charge in [0, 0.05) is 43.4 Å². The second kappa shape index (κ2) is 8.43. The minimum Gasteiger partial charge on any atom is -0.350 e. The van der Waals surface area contributed by atoms with Gasteiger partial charge in [-0.2, -0.15) is 0 Å². The monoisotopic (exact) mass is 375 g/mol. The van der Waals surface area contributed by atoms with Gasteiger partial charge in [0.25, 0.3) is 5.91 Å². The van der Waals surface area contributed by atoms with Gasteiger partial charge in [-0.15, -0.1) is 0 Å². The first-order valence-electron chi connectivity index (χ1n) is 7.25. The molecule has 0 unspecified atom stereocenters. The van der Waals surface area contributed by atoms with Crippen molar-refractivity contribution in [2.75, 3.05) is 13.1 Å². The van der Waals surface area contributed by atoms with E-state index in [0.717, 1.165) is 10.0 Å². The van der Waals surface area contributed by atoms with E-state index in [0.29, 0.717) is 25.2 Å². The van der Waals surface area contributed by atoms with Gasteiger partial charge in [-0.25, -0.2) is 0 Å². The lowest BCUT2D eigenvalue weighted by Crippen LogP contribution is -2.37. The number of nitrogens with one attached hydrogen (secondary N) is 1. The second-order valence-electron chi connectivity index (χ2n) is 5.04. The number of benzene rings is 1. The Labute approximate surface area is 143 Å². The van der Waals surface area contributed by atoms with Crippen LogP contribution in [0.5, 0.6) is 0 Å². The van der Waals surface area contributed by atoms with E-state index >= 15 is 0 Å². The molecule has 2 aromatic rings. The number of halogens is 1. The van der Waals surface area contributed by atoms with Crippen molar-refractivity contribution in [2.45, 2.75) is 13.5 Å². The summed E-state index contributed by atoms with van der Waals surface area (Å²) >= 11 is 3.35. The Bertz CT molecular complexity index is 677. The molecule has 1 aromatic heterocycles. The average molecular weight is 376 g/mol. The molecule has 1 N–H and O–H groups in total. The summed E-state index contributed by atoms with van der Waals surface area (Å²) in [6, 6.07) is 11.0. The highest BCUT2D eigenvalue weighted by molar-refractivity contribution is 9.10. The lowest BCUT2D eigenvalue weighted by atomic mass is 10.2. The highest BCUT2D eigenvalue weighted by Crippen LogP contribution is 2.15. The molecule has 0 spiro atoms. The second-order valence-corrected chi connectivity index (χ2v) is 5.89. The molecule has 0 bridgehead atoms. The van der Waals surface area contributed by atoms with Gasteiger partial charge >= 0.3 is 0 Å². The van der Waals surface area contributed by atoms with Gasteiger partial charge in [-0.05, 0) is 39.7 Å². The van der Waals surface area contributed by atoms with Gasteiger partial charge in [0.1, 0.15) is 0 Å². The summed E-state index contributed by atoms with van der Waals surface area (Å²) in [4.78, 5) is 29.6. The normalized spacial score (nSPS) is 10.2. The van der Waals surface area contributed by atoms with E-state index in [1.54, 1.807) is 23.4 Å². The number of carbonyl (C=O) groups is 2. The summed E-state index contributed by atoms with van der Waals surface area (Å²) in [5.74, 6) is -0.202. The van der Waals surface area contributed by atoms with Crippen LogP contribution in [0.3, 0.4) is 0 Å². The summed E-state index contributed by atoms with van der Waals surface area (Å²) in [7, 11) is 0. The Morgan fingerprint density at radius 3 is 2.65 bits per heavy atom. The van der Waals surface area contributed by atoms with E-state index in [2.05, 4.69) is 26.2 Å². The first-order chi connectivity index (χ1) is 11.1. The third kappa shape index (κ3) is 5.17. The molecule has 23 heavy (non-hydrogen) atoms. The summed E-state index contributed by atoms with van der Waals surface area (Å²) in [6.07, 6.45) is 3.43. The average Bonchev–Trinajstić information content (AvgIpc) is 2.55. The van der Waals surface area contributed by atoms with Crippen molar-refractivity contribution in [1.29, 1.82) is 0 Å². The van der Waals surface area contributed by atoms with Crippen molar-refractivity contribution in [3.05, 3.63) is 64.4 Å². The molecule has 120 valence electrons. The summed E-state index contributed by atoms with van der Waals surface area (Å²) in [5, 5.41) is 2.83. The van der Waals surface area contributed by atoms with E-state index < -0.39 is 0 Å². The largest absolute Gasteiger partial charge is 0.350 e. The van der Waals surface area contributed by atoms with Crippen molar-refractivity contribution in [2.24, 2.45) is 0 Å². The number of rotatable bonds is 6. The standard InChI is InChI=1S/C17H18BrN3O2/c1-13(22)21(12-14-5-4-8-19-11-14)10-9-20-17(23)15-6-2-3-7-16(15)18/h2-8,11H,9-10,12H2,1H3,(H,20,23). The summed E-state index contributed by atoms with van der Waals surface area (Å²) in [6.45, 7) is 2.83. The fourth-order valence-corrected chi connectivity index (χ4v) is 2.57. The maximum atomic E-state index is 12.1. The quantitative estimate of drug-likeness (QED) is 0.843. The van der Waals surface area contributed by atoms with Crippen LogP contribution >= 0.6 is 15.9 Å². The molecule has 0 aliphatic carbocycles. The van der Waals surface area contributed by atoms with Crippen LogP contribution in [0, 0.1) is 0 Å². The highest BCUT2D eigenvalue weighted by atomic mass is 79.9. The highest BCUT2D eigenvalue weighted by Gasteiger charge is 2.12. The predicted molar refractivity (Wildman–Crippen MR) is 91.8 cm³/mol. The Balaban J connectivity index is 1.88. The van der Waals surface area contributed by atoms with E-state index in [1.165, 1.54) is 6.92 Å². The number of amides is 2. The molecule has 1 heterocycles. The van der Waals surface area contributed by atoms with Crippen molar-refractivity contribution < 1.29 is 9.59 Å². The molecule has 0 fully saturated rings. The fraction of sp³-hybridized carbons (Fsp3) is 0.235. The molecule has 0 aliphatic rings. The van der Waals surface area contributed by atoms with Gasteiger partial charge < -0.3 is 10.2 Å². The molecule has 5 nitrogen and oxygen atoms in total. The predicted octanol–water partition coefficient (Wildman–Crippen LogP) is 2.62. The molecule has 2 rings (SSSR count). The van der Waals surface area contributed by atoms with Crippen molar-refractivity contribution >= 4 is 27.7 Å². The Morgan fingerprint density at radius 2 is 2.00 bits per heavy atom. The molecular formula is C17H18BrN3O2. The molecule has 0 aliphatic heterocycles. The van der Waals surface area contributed by atoms with E-state index in [-0.39, 0.29) is 11.8 Å². The minimum atomic E-state index is -0.164. The van der Waals surface area contributed by atoms with Crippen LogP contribution in [-0.4, -0.2) is 34.8 Å². The zero-order valence-electron chi connectivity index (χ0n) is 12.8. The molecule has 0 saturated heterocycles. The van der Waals surface area contributed by atoms with E-state index in [4.69, 9.17) is 0 Å². The third-order valence-electron chi connectivity index (χ3n) is 3.33. The number of nitrogens with zero attached hydrogens (tertiary/aromatic N) is 2. The molecule has 0 saturated carbocycles. The fourth-order valence-electron chi connectivity index (χ4n) is 2.10. The third-order valence-corrected chi connectivity index (χ3v) is 4.02. The van der Waals surface area contributed by atoms with Crippen LogP contribution < -0.4 is 5.32 Å². The topological polar surface area (TPSA) is 62.3 Å². The molecule has 0 radical (unpaired) electrons. The van der Waals surface area contributed by atoms with E-state index in [9.17, 15) is 9.59 Å². The zero-order chi connectivity index (χ0) is 16.7. The minimum absolute atomic E-state index is 0.0380. The Kier molecular flexibility index (Phi) is 6.29. The van der Waals surface area contributed by atoms with Crippen molar-refractivity contribution in [1.82, 2.24) is 15.2 Å². The van der Waals surface area contributed by atoms with Crippen LogP contribution in [-0.2, 0) is 11.3 Å². The number of aromatic nitrogens is 1. The number of pyridine rings is 1. The summed E-state index contributed by atoms with van der Waals surface area (Å²) < 4.78 is 0.747. The Morgan fingerprint density at radius 1 is 1.22 bits per heavy atom. The lowest BCUT2D eigenvalue weighted by Gasteiger charge is -2.21. The van der Waals surface area contributed by atoms with Crippen LogP contribution in [0.25, 0.3) is 0 Å². The first kappa shape index (κ1) is 17.1. The molecule has 2 amide bonds.